The molecule has 0 bridgehead atoms. The summed E-state index contributed by atoms with van der Waals surface area (Å²) < 4.78 is 0. The van der Waals surface area contributed by atoms with Gasteiger partial charge in [0.25, 0.3) is 0 Å². The van der Waals surface area contributed by atoms with Gasteiger partial charge in [-0.3, -0.25) is 4.79 Å². The predicted molar refractivity (Wildman–Crippen MR) is 129 cm³/mol. The first-order valence-corrected chi connectivity index (χ1v) is 11.1. The van der Waals surface area contributed by atoms with Crippen LogP contribution in [0.5, 0.6) is 0 Å². The van der Waals surface area contributed by atoms with E-state index in [0.717, 1.165) is 35.1 Å². The average Bonchev–Trinajstić information content (AvgIpc) is 3.41. The van der Waals surface area contributed by atoms with Gasteiger partial charge in [0, 0.05) is 12.0 Å². The van der Waals surface area contributed by atoms with Gasteiger partial charge in [-0.2, -0.15) is 5.21 Å². The van der Waals surface area contributed by atoms with Crippen molar-refractivity contribution in [2.24, 2.45) is 0 Å². The molecule has 0 radical (unpaired) electrons. The smallest absolute Gasteiger partial charge is 0.337 e. The maximum atomic E-state index is 13.1. The van der Waals surface area contributed by atoms with Crippen molar-refractivity contribution < 1.29 is 14.7 Å². The molecule has 8 nitrogen and oxygen atoms in total. The summed E-state index contributed by atoms with van der Waals surface area (Å²) in [6.07, 6.45) is 1.99. The number of hydrogen-bond acceptors (Lipinski definition) is 5. The van der Waals surface area contributed by atoms with E-state index in [1.807, 2.05) is 55.5 Å². The summed E-state index contributed by atoms with van der Waals surface area (Å²) >= 11 is 0. The minimum Gasteiger partial charge on any atom is -0.478 e. The lowest BCUT2D eigenvalue weighted by atomic mass is 9.98. The number of benzene rings is 3. The summed E-state index contributed by atoms with van der Waals surface area (Å²) in [7, 11) is 0. The largest absolute Gasteiger partial charge is 0.478 e. The van der Waals surface area contributed by atoms with E-state index in [9.17, 15) is 14.7 Å². The van der Waals surface area contributed by atoms with E-state index in [1.165, 1.54) is 6.07 Å². The highest BCUT2D eigenvalue weighted by molar-refractivity contribution is 6.01. The molecule has 1 heterocycles. The van der Waals surface area contributed by atoms with E-state index in [2.05, 4.69) is 20.6 Å². The van der Waals surface area contributed by atoms with Crippen LogP contribution < -0.4 is 4.90 Å². The molecular weight excluding hydrogens is 430 g/mol. The van der Waals surface area contributed by atoms with Gasteiger partial charge in [0.05, 0.1) is 17.8 Å². The average molecular weight is 456 g/mol. The third-order valence-corrected chi connectivity index (χ3v) is 5.59. The molecule has 0 saturated carbocycles. The number of aromatic carboxylic acids is 1. The van der Waals surface area contributed by atoms with Crippen LogP contribution in [0.25, 0.3) is 22.5 Å². The zero-order chi connectivity index (χ0) is 23.9. The van der Waals surface area contributed by atoms with Gasteiger partial charge in [-0.15, -0.1) is 10.2 Å². The van der Waals surface area contributed by atoms with Crippen LogP contribution in [-0.2, 0) is 11.3 Å². The van der Waals surface area contributed by atoms with E-state index < -0.39 is 5.97 Å². The number of tetrazole rings is 1. The predicted octanol–water partition coefficient (Wildman–Crippen LogP) is 4.96. The Labute approximate surface area is 197 Å². The lowest BCUT2D eigenvalue weighted by Crippen LogP contribution is -2.31. The molecule has 0 unspecified atom stereocenters. The zero-order valence-corrected chi connectivity index (χ0v) is 18.8. The number of carboxylic acids is 1. The number of para-hydroxylation sites is 1. The molecule has 1 aromatic heterocycles. The number of rotatable bonds is 9. The Hall–Kier alpha value is -4.33. The van der Waals surface area contributed by atoms with Crippen LogP contribution in [0.3, 0.4) is 0 Å². The molecule has 0 saturated heterocycles. The minimum absolute atomic E-state index is 0.0953. The fourth-order valence-electron chi connectivity index (χ4n) is 3.84. The quantitative estimate of drug-likeness (QED) is 0.369. The molecule has 3 aromatic carbocycles. The van der Waals surface area contributed by atoms with Gasteiger partial charge in [-0.25, -0.2) is 4.79 Å². The maximum Gasteiger partial charge on any atom is 0.337 e. The summed E-state index contributed by atoms with van der Waals surface area (Å²) in [5, 5.41) is 24.0. The molecular formula is C26H25N5O3. The molecule has 0 aliphatic rings. The molecule has 0 aliphatic carbocycles. The van der Waals surface area contributed by atoms with Crippen molar-refractivity contribution in [3.63, 3.8) is 0 Å². The highest BCUT2D eigenvalue weighted by atomic mass is 16.4. The van der Waals surface area contributed by atoms with Crippen molar-refractivity contribution in [2.45, 2.75) is 32.7 Å². The van der Waals surface area contributed by atoms with Gasteiger partial charge < -0.3 is 10.0 Å². The number of nitrogens with one attached hydrogen (secondary N) is 1. The number of H-pyrrole nitrogens is 1. The van der Waals surface area contributed by atoms with Crippen molar-refractivity contribution >= 4 is 17.6 Å². The van der Waals surface area contributed by atoms with Crippen LogP contribution >= 0.6 is 0 Å². The number of aromatic nitrogens is 4. The van der Waals surface area contributed by atoms with Gasteiger partial charge in [0.2, 0.25) is 11.7 Å². The van der Waals surface area contributed by atoms with Gasteiger partial charge in [-0.1, -0.05) is 74.0 Å². The van der Waals surface area contributed by atoms with Crippen molar-refractivity contribution in [3.8, 4) is 22.5 Å². The fourth-order valence-corrected chi connectivity index (χ4v) is 3.84. The summed E-state index contributed by atoms with van der Waals surface area (Å²) in [6, 6.07) is 22.3. The fraction of sp³-hybridized carbons (Fsp3) is 0.192. The molecule has 8 heteroatoms. The van der Waals surface area contributed by atoms with Gasteiger partial charge in [0.1, 0.15) is 0 Å². The number of carboxylic acid groups (broad SMARTS) is 1. The van der Waals surface area contributed by atoms with Gasteiger partial charge in [-0.05, 0) is 40.5 Å². The SMILES string of the molecule is CCCCC(=O)N(Cc1ccc(-c2ccccc2-c2nn[nH]n2)cc1)c1ccccc1C(=O)O. The summed E-state index contributed by atoms with van der Waals surface area (Å²) in [5.74, 6) is -0.642. The number of hydrogen-bond donors (Lipinski definition) is 2. The molecule has 1 amide bonds. The Kier molecular flexibility index (Phi) is 7.07. The maximum absolute atomic E-state index is 13.1. The van der Waals surface area contributed by atoms with Crippen LogP contribution in [0.4, 0.5) is 5.69 Å². The third kappa shape index (κ3) is 5.01. The monoisotopic (exact) mass is 455 g/mol. The number of nitrogens with zero attached hydrogens (tertiary/aromatic N) is 4. The van der Waals surface area contributed by atoms with E-state index in [1.54, 1.807) is 23.1 Å². The standard InChI is InChI=1S/C26H25N5O3/c1-2-3-12-24(32)31(23-11-7-6-10-22(23)26(33)34)17-18-13-15-19(16-14-18)20-8-4-5-9-21(20)25-27-29-30-28-25/h4-11,13-16H,2-3,12,17H2,1H3,(H,33,34)(H,27,28,29,30). The summed E-state index contributed by atoms with van der Waals surface area (Å²) in [4.78, 5) is 26.4. The zero-order valence-electron chi connectivity index (χ0n) is 18.8. The van der Waals surface area contributed by atoms with E-state index >= 15 is 0 Å². The Morgan fingerprint density at radius 1 is 0.941 bits per heavy atom. The lowest BCUT2D eigenvalue weighted by molar-refractivity contribution is -0.118. The Morgan fingerprint density at radius 3 is 2.32 bits per heavy atom. The normalized spacial score (nSPS) is 10.7. The van der Waals surface area contributed by atoms with E-state index in [4.69, 9.17) is 0 Å². The minimum atomic E-state index is -1.06. The van der Waals surface area contributed by atoms with Crippen molar-refractivity contribution in [2.75, 3.05) is 4.90 Å². The molecule has 0 spiro atoms. The molecule has 34 heavy (non-hydrogen) atoms. The molecule has 0 fully saturated rings. The second kappa shape index (κ2) is 10.5. The first-order valence-electron chi connectivity index (χ1n) is 11.1. The second-order valence-corrected chi connectivity index (χ2v) is 7.88. The van der Waals surface area contributed by atoms with Gasteiger partial charge >= 0.3 is 5.97 Å². The van der Waals surface area contributed by atoms with E-state index in [-0.39, 0.29) is 18.0 Å². The van der Waals surface area contributed by atoms with Crippen molar-refractivity contribution in [1.82, 2.24) is 20.6 Å². The van der Waals surface area contributed by atoms with Crippen molar-refractivity contribution in [3.05, 3.63) is 83.9 Å². The Morgan fingerprint density at radius 2 is 1.65 bits per heavy atom. The Balaban J connectivity index is 1.64. The summed E-state index contributed by atoms with van der Waals surface area (Å²) in [6.45, 7) is 2.30. The van der Waals surface area contributed by atoms with Crippen LogP contribution in [0.15, 0.2) is 72.8 Å². The third-order valence-electron chi connectivity index (χ3n) is 5.59. The number of unbranched alkanes of at least 4 members (excludes halogenated alkanes) is 1. The van der Waals surface area contributed by atoms with Crippen molar-refractivity contribution in [1.29, 1.82) is 0 Å². The number of carbonyl (C=O) groups is 2. The number of carbonyl (C=O) groups excluding carboxylic acids is 1. The highest BCUT2D eigenvalue weighted by Crippen LogP contribution is 2.30. The van der Waals surface area contributed by atoms with Crippen LogP contribution in [0.2, 0.25) is 0 Å². The lowest BCUT2D eigenvalue weighted by Gasteiger charge is -2.25. The molecule has 172 valence electrons. The topological polar surface area (TPSA) is 112 Å². The second-order valence-electron chi connectivity index (χ2n) is 7.88. The molecule has 0 atom stereocenters. The first-order chi connectivity index (χ1) is 16.6. The molecule has 2 N–H and O–H groups in total. The van der Waals surface area contributed by atoms with E-state index in [0.29, 0.717) is 17.9 Å². The first kappa shape index (κ1) is 22.8. The molecule has 4 aromatic rings. The Bertz CT molecular complexity index is 1270. The molecule has 4 rings (SSSR count). The molecule has 0 aliphatic heterocycles. The number of amides is 1. The number of anilines is 1. The highest BCUT2D eigenvalue weighted by Gasteiger charge is 2.21. The van der Waals surface area contributed by atoms with Crippen LogP contribution in [0, 0.1) is 0 Å². The summed E-state index contributed by atoms with van der Waals surface area (Å²) in [5.41, 5.74) is 4.20. The van der Waals surface area contributed by atoms with Gasteiger partial charge in [0.15, 0.2) is 0 Å². The van der Waals surface area contributed by atoms with Crippen LogP contribution in [-0.4, -0.2) is 37.6 Å². The van der Waals surface area contributed by atoms with Crippen LogP contribution in [0.1, 0.15) is 42.1 Å². The number of aromatic amines is 1.